The molecule has 0 radical (unpaired) electrons. The number of amides is 2. The van der Waals surface area contributed by atoms with Crippen molar-refractivity contribution in [1.29, 1.82) is 0 Å². The van der Waals surface area contributed by atoms with E-state index in [1.807, 2.05) is 20.8 Å². The Morgan fingerprint density at radius 1 is 1.10 bits per heavy atom. The highest BCUT2D eigenvalue weighted by Crippen LogP contribution is 2.60. The van der Waals surface area contributed by atoms with E-state index in [1.54, 1.807) is 4.90 Å². The van der Waals surface area contributed by atoms with Crippen LogP contribution in [-0.4, -0.2) is 59.0 Å². The number of carboxylic acids is 1. The molecule has 4 saturated carbocycles. The van der Waals surface area contributed by atoms with E-state index in [4.69, 9.17) is 9.47 Å². The van der Waals surface area contributed by atoms with Gasteiger partial charge in [0.15, 0.2) is 0 Å². The van der Waals surface area contributed by atoms with Crippen molar-refractivity contribution in [2.75, 3.05) is 13.1 Å². The number of carbonyl (C=O) groups is 3. The lowest BCUT2D eigenvalue weighted by Crippen LogP contribution is -2.57. The molecule has 0 aromatic rings. The highest BCUT2D eigenvalue weighted by molar-refractivity contribution is 5.75. The molecule has 0 spiro atoms. The zero-order chi connectivity index (χ0) is 21.0. The number of aliphatic carboxylic acids is 1. The summed E-state index contributed by atoms with van der Waals surface area (Å²) in [5, 5.41) is 12.5. The monoisotopic (exact) mass is 408 g/mol. The Morgan fingerprint density at radius 2 is 1.76 bits per heavy atom. The lowest BCUT2D eigenvalue weighted by atomic mass is 9.48. The molecule has 162 valence electrons. The third-order valence-corrected chi connectivity index (χ3v) is 7.04. The predicted octanol–water partition coefficient (Wildman–Crippen LogP) is 3.00. The molecule has 4 aliphatic carbocycles. The van der Waals surface area contributed by atoms with Crippen LogP contribution in [0, 0.1) is 23.2 Å². The fourth-order valence-corrected chi connectivity index (χ4v) is 6.14. The third kappa shape index (κ3) is 4.03. The summed E-state index contributed by atoms with van der Waals surface area (Å²) in [7, 11) is 0. The van der Waals surface area contributed by atoms with Gasteiger partial charge >= 0.3 is 18.2 Å². The summed E-state index contributed by atoms with van der Waals surface area (Å²) in [6.07, 6.45) is 3.61. The Kier molecular flexibility index (Phi) is 4.94. The van der Waals surface area contributed by atoms with E-state index in [9.17, 15) is 19.5 Å². The molecular weight excluding hydrogens is 376 g/mol. The van der Waals surface area contributed by atoms with Gasteiger partial charge < -0.3 is 24.8 Å². The molecule has 5 rings (SSSR count). The summed E-state index contributed by atoms with van der Waals surface area (Å²) in [5.74, 6) is 0.0733. The van der Waals surface area contributed by atoms with Crippen LogP contribution in [0.5, 0.6) is 0 Å². The third-order valence-electron chi connectivity index (χ3n) is 7.04. The molecular formula is C21H32N2O6. The van der Waals surface area contributed by atoms with Gasteiger partial charge in [0.05, 0.1) is 11.5 Å². The standard InChI is InChI=1S/C21H32N2O6/c1-20(2,3)29-18(26)22-15-4-5-23(11-15)19(27)28-16-13-6-12-7-14(16)10-21(8-12,9-13)17(24)25/h12-16H,4-11H2,1-3H3,(H,22,26)(H,24,25)/t12?,13?,14?,15-,16?,21?/m1/s1. The van der Waals surface area contributed by atoms with Crippen molar-refractivity contribution in [2.24, 2.45) is 23.2 Å². The van der Waals surface area contributed by atoms with E-state index in [2.05, 4.69) is 5.32 Å². The van der Waals surface area contributed by atoms with Gasteiger partial charge in [-0.2, -0.15) is 0 Å². The van der Waals surface area contributed by atoms with Gasteiger partial charge in [-0.25, -0.2) is 9.59 Å². The number of alkyl carbamates (subject to hydrolysis) is 1. The van der Waals surface area contributed by atoms with Crippen molar-refractivity contribution in [3.63, 3.8) is 0 Å². The molecule has 1 heterocycles. The van der Waals surface area contributed by atoms with Crippen LogP contribution in [-0.2, 0) is 14.3 Å². The van der Waals surface area contributed by atoms with Gasteiger partial charge in [0.25, 0.3) is 0 Å². The molecule has 2 unspecified atom stereocenters. The maximum atomic E-state index is 12.8. The maximum Gasteiger partial charge on any atom is 0.410 e. The topological polar surface area (TPSA) is 105 Å². The first-order valence-electron chi connectivity index (χ1n) is 10.7. The first-order valence-corrected chi connectivity index (χ1v) is 10.7. The zero-order valence-electron chi connectivity index (χ0n) is 17.5. The van der Waals surface area contributed by atoms with E-state index < -0.39 is 23.1 Å². The van der Waals surface area contributed by atoms with Crippen LogP contribution >= 0.6 is 0 Å². The summed E-state index contributed by atoms with van der Waals surface area (Å²) < 4.78 is 11.2. The van der Waals surface area contributed by atoms with Gasteiger partial charge in [-0.05, 0) is 77.0 Å². The van der Waals surface area contributed by atoms with Gasteiger partial charge in [0, 0.05) is 13.1 Å². The molecule has 5 aliphatic rings. The Balaban J connectivity index is 1.31. The lowest BCUT2D eigenvalue weighted by molar-refractivity contribution is -0.179. The summed E-state index contributed by atoms with van der Waals surface area (Å²) >= 11 is 0. The van der Waals surface area contributed by atoms with Crippen molar-refractivity contribution < 1.29 is 29.0 Å². The SMILES string of the molecule is CC(C)(C)OC(=O)N[C@@H]1CCN(C(=O)OC2C3CC4CC2CC(C(=O)O)(C4)C3)C1. The van der Waals surface area contributed by atoms with Crippen molar-refractivity contribution in [1.82, 2.24) is 10.2 Å². The molecule has 0 aromatic heterocycles. The van der Waals surface area contributed by atoms with E-state index in [1.165, 1.54) is 0 Å². The smallest absolute Gasteiger partial charge is 0.410 e. The van der Waals surface area contributed by atoms with Gasteiger partial charge in [-0.15, -0.1) is 0 Å². The minimum absolute atomic E-state index is 0.147. The highest BCUT2D eigenvalue weighted by atomic mass is 16.6. The number of ether oxygens (including phenoxy) is 2. The Hall–Kier alpha value is -1.99. The quantitative estimate of drug-likeness (QED) is 0.744. The molecule has 8 nitrogen and oxygen atoms in total. The summed E-state index contributed by atoms with van der Waals surface area (Å²) in [4.78, 5) is 38.2. The lowest BCUT2D eigenvalue weighted by Gasteiger charge is -2.57. The van der Waals surface area contributed by atoms with Crippen LogP contribution in [0.4, 0.5) is 9.59 Å². The molecule has 1 saturated heterocycles. The van der Waals surface area contributed by atoms with Crippen molar-refractivity contribution in [3.8, 4) is 0 Å². The molecule has 8 heteroatoms. The number of hydrogen-bond acceptors (Lipinski definition) is 5. The molecule has 29 heavy (non-hydrogen) atoms. The van der Waals surface area contributed by atoms with Gasteiger partial charge in [0.1, 0.15) is 11.7 Å². The normalized spacial score (nSPS) is 38.0. The van der Waals surface area contributed by atoms with E-state index >= 15 is 0 Å². The van der Waals surface area contributed by atoms with Gasteiger partial charge in [-0.3, -0.25) is 4.79 Å². The number of hydrogen-bond donors (Lipinski definition) is 2. The molecule has 2 N–H and O–H groups in total. The van der Waals surface area contributed by atoms with Crippen LogP contribution in [0.25, 0.3) is 0 Å². The molecule has 1 aliphatic heterocycles. The highest BCUT2D eigenvalue weighted by Gasteiger charge is 2.60. The van der Waals surface area contributed by atoms with Crippen LogP contribution in [0.3, 0.4) is 0 Å². The zero-order valence-corrected chi connectivity index (χ0v) is 17.5. The Bertz CT molecular complexity index is 686. The average Bonchev–Trinajstić information content (AvgIpc) is 3.04. The van der Waals surface area contributed by atoms with Crippen LogP contribution in [0.15, 0.2) is 0 Å². The van der Waals surface area contributed by atoms with Crippen LogP contribution in [0.2, 0.25) is 0 Å². The fraction of sp³-hybridized carbons (Fsp3) is 0.857. The first kappa shape index (κ1) is 20.3. The molecule has 4 bridgehead atoms. The second-order valence-corrected chi connectivity index (χ2v) is 10.5. The average molecular weight is 408 g/mol. The predicted molar refractivity (Wildman–Crippen MR) is 103 cm³/mol. The van der Waals surface area contributed by atoms with Gasteiger partial charge in [0.2, 0.25) is 0 Å². The van der Waals surface area contributed by atoms with E-state index in [0.717, 1.165) is 19.3 Å². The van der Waals surface area contributed by atoms with Crippen LogP contribution < -0.4 is 5.32 Å². The fourth-order valence-electron chi connectivity index (χ4n) is 6.14. The number of rotatable bonds is 3. The summed E-state index contributed by atoms with van der Waals surface area (Å²) in [6.45, 7) is 6.37. The Labute approximate surface area is 171 Å². The minimum atomic E-state index is -0.683. The van der Waals surface area contributed by atoms with E-state index in [-0.39, 0.29) is 30.1 Å². The van der Waals surface area contributed by atoms with Crippen LogP contribution in [0.1, 0.15) is 59.3 Å². The van der Waals surface area contributed by atoms with Crippen molar-refractivity contribution >= 4 is 18.2 Å². The number of carbonyl (C=O) groups excluding carboxylic acids is 2. The number of likely N-dealkylation sites (tertiary alicyclic amines) is 1. The van der Waals surface area contributed by atoms with Crippen molar-refractivity contribution in [3.05, 3.63) is 0 Å². The second kappa shape index (κ2) is 7.06. The van der Waals surface area contributed by atoms with Crippen molar-refractivity contribution in [2.45, 2.75) is 77.0 Å². The number of carboxylic acid groups (broad SMARTS) is 1. The van der Waals surface area contributed by atoms with E-state index in [0.29, 0.717) is 38.3 Å². The summed E-state index contributed by atoms with van der Waals surface area (Å²) in [5.41, 5.74) is -1.16. The molecule has 3 atom stereocenters. The first-order chi connectivity index (χ1) is 13.5. The summed E-state index contributed by atoms with van der Waals surface area (Å²) in [6, 6.07) is -0.147. The maximum absolute atomic E-state index is 12.8. The largest absolute Gasteiger partial charge is 0.481 e. The minimum Gasteiger partial charge on any atom is -0.481 e. The molecule has 0 aromatic carbocycles. The van der Waals surface area contributed by atoms with Gasteiger partial charge in [-0.1, -0.05) is 0 Å². The number of nitrogens with zero attached hydrogens (tertiary/aromatic N) is 1. The molecule has 5 fully saturated rings. The number of nitrogens with one attached hydrogen (secondary N) is 1. The Morgan fingerprint density at radius 3 is 2.34 bits per heavy atom. The molecule has 2 amide bonds. The second-order valence-electron chi connectivity index (χ2n) is 10.5.